The fraction of sp³-hybridized carbons (Fsp3) is 0.462. The van der Waals surface area contributed by atoms with Gasteiger partial charge in [-0.1, -0.05) is 6.07 Å². The van der Waals surface area contributed by atoms with Gasteiger partial charge in [-0.05, 0) is 20.8 Å². The normalized spacial score (nSPS) is 6.71. The van der Waals surface area contributed by atoms with E-state index in [4.69, 9.17) is 15.3 Å². The van der Waals surface area contributed by atoms with Crippen LogP contribution < -0.4 is 0 Å². The van der Waals surface area contributed by atoms with Crippen molar-refractivity contribution in [1.29, 1.82) is 0 Å². The van der Waals surface area contributed by atoms with E-state index in [2.05, 4.69) is 6.92 Å². The summed E-state index contributed by atoms with van der Waals surface area (Å²) in [5, 5.41) is 22.7. The van der Waals surface area contributed by atoms with Gasteiger partial charge in [0.25, 0.3) is 0 Å². The van der Waals surface area contributed by atoms with Crippen molar-refractivity contribution in [3.63, 3.8) is 0 Å². The Morgan fingerprint density at radius 2 is 1.06 bits per heavy atom. The number of hydrogen-bond acceptors (Lipinski definition) is 3. The zero-order valence-electron chi connectivity index (χ0n) is 11.1. The van der Waals surface area contributed by atoms with Gasteiger partial charge in [0.2, 0.25) is 0 Å². The Labute approximate surface area is 124 Å². The third-order valence-electron chi connectivity index (χ3n) is 0.843. The van der Waals surface area contributed by atoms with Crippen LogP contribution in [0.3, 0.4) is 0 Å². The molecule has 3 N–H and O–H groups in total. The zero-order valence-corrected chi connectivity index (χ0v) is 14.6. The van der Waals surface area contributed by atoms with E-state index in [1.807, 2.05) is 30.3 Å². The maximum atomic E-state index is 7.57. The van der Waals surface area contributed by atoms with E-state index in [0.29, 0.717) is 0 Å². The molecule has 17 heavy (non-hydrogen) atoms. The quantitative estimate of drug-likeness (QED) is 0.454. The first-order valence-electron chi connectivity index (χ1n) is 5.33. The smallest absolute Gasteiger partial charge is 0.0402 e. The van der Waals surface area contributed by atoms with Crippen LogP contribution in [0.2, 0.25) is 0 Å². The minimum atomic E-state index is 0. The molecule has 3 nitrogen and oxygen atoms in total. The fourth-order valence-electron chi connectivity index (χ4n) is 0.478. The molecule has 0 unspecified atom stereocenters. The van der Waals surface area contributed by atoms with E-state index < -0.39 is 0 Å². The standard InChI is InChI=1S/C7H7.3C2H6O.Hf/c1-7-5-3-2-4-6-7;3*1-2-3;/h2-6H,1H2;3*3H,2H2,1H3;/q-1;;;;. The SMILES string of the molecule is CCO.CCO.CCO.[CH2-]c1ccccc1.[Hf]. The van der Waals surface area contributed by atoms with Crippen LogP contribution >= 0.6 is 0 Å². The van der Waals surface area contributed by atoms with Crippen LogP contribution in [0.4, 0.5) is 0 Å². The van der Waals surface area contributed by atoms with Crippen molar-refractivity contribution < 1.29 is 41.2 Å². The third-order valence-corrected chi connectivity index (χ3v) is 0.843. The molecule has 1 rings (SSSR count). The van der Waals surface area contributed by atoms with Gasteiger partial charge in [0, 0.05) is 45.7 Å². The van der Waals surface area contributed by atoms with Crippen LogP contribution in [0.15, 0.2) is 30.3 Å². The van der Waals surface area contributed by atoms with Crippen LogP contribution in [0, 0.1) is 6.92 Å². The van der Waals surface area contributed by atoms with Crippen molar-refractivity contribution >= 4 is 0 Å². The molecule has 0 spiro atoms. The van der Waals surface area contributed by atoms with Gasteiger partial charge in [-0.15, -0.1) is 12.1 Å². The Morgan fingerprint density at radius 3 is 1.18 bits per heavy atom. The molecule has 0 aliphatic heterocycles. The minimum absolute atomic E-state index is 0. The van der Waals surface area contributed by atoms with E-state index in [1.165, 1.54) is 0 Å². The number of benzene rings is 1. The van der Waals surface area contributed by atoms with Gasteiger partial charge < -0.3 is 15.3 Å². The average molecular weight is 408 g/mol. The molecule has 0 atom stereocenters. The summed E-state index contributed by atoms with van der Waals surface area (Å²) in [5.74, 6) is 0. The van der Waals surface area contributed by atoms with Crippen LogP contribution in [0.1, 0.15) is 26.3 Å². The van der Waals surface area contributed by atoms with Gasteiger partial charge in [0.1, 0.15) is 0 Å². The van der Waals surface area contributed by atoms with Gasteiger partial charge in [-0.2, -0.15) is 24.6 Å². The molecule has 0 aromatic heterocycles. The first kappa shape index (κ1) is 25.6. The van der Waals surface area contributed by atoms with Crippen molar-refractivity contribution in [2.75, 3.05) is 19.8 Å². The predicted molar refractivity (Wildman–Crippen MR) is 69.2 cm³/mol. The monoisotopic (exact) mass is 409 g/mol. The number of aliphatic hydroxyl groups is 3. The van der Waals surface area contributed by atoms with E-state index in [-0.39, 0.29) is 45.7 Å². The van der Waals surface area contributed by atoms with Crippen molar-refractivity contribution in [2.24, 2.45) is 0 Å². The first-order valence-corrected chi connectivity index (χ1v) is 5.33. The minimum Gasteiger partial charge on any atom is -0.397 e. The van der Waals surface area contributed by atoms with E-state index in [1.54, 1.807) is 20.8 Å². The Hall–Kier alpha value is -0.160. The molecule has 0 aliphatic rings. The van der Waals surface area contributed by atoms with Crippen LogP contribution in [0.25, 0.3) is 0 Å². The van der Waals surface area contributed by atoms with E-state index in [0.717, 1.165) is 5.56 Å². The summed E-state index contributed by atoms with van der Waals surface area (Å²) in [6.45, 7) is 9.51. The van der Waals surface area contributed by atoms with Crippen molar-refractivity contribution in [3.8, 4) is 0 Å². The Morgan fingerprint density at radius 1 is 0.824 bits per heavy atom. The van der Waals surface area contributed by atoms with E-state index >= 15 is 0 Å². The Balaban J connectivity index is -0.0000000734. The van der Waals surface area contributed by atoms with Crippen molar-refractivity contribution in [3.05, 3.63) is 42.8 Å². The summed E-state index contributed by atoms with van der Waals surface area (Å²) in [4.78, 5) is 0. The van der Waals surface area contributed by atoms with Gasteiger partial charge >= 0.3 is 0 Å². The van der Waals surface area contributed by atoms with Crippen molar-refractivity contribution in [1.82, 2.24) is 0 Å². The van der Waals surface area contributed by atoms with Crippen LogP contribution in [-0.2, 0) is 25.8 Å². The molecule has 0 saturated carbocycles. The molecular formula is C13H25HfO3-. The maximum absolute atomic E-state index is 7.57. The second-order valence-electron chi connectivity index (χ2n) is 2.43. The van der Waals surface area contributed by atoms with Gasteiger partial charge in [-0.3, -0.25) is 0 Å². The average Bonchev–Trinajstić information content (AvgIpc) is 2.22. The summed E-state index contributed by atoms with van der Waals surface area (Å²) in [6.07, 6.45) is 0. The Bertz CT molecular complexity index is 177. The van der Waals surface area contributed by atoms with Crippen molar-refractivity contribution in [2.45, 2.75) is 20.8 Å². The number of hydrogen-bond donors (Lipinski definition) is 3. The number of rotatable bonds is 0. The summed E-state index contributed by atoms with van der Waals surface area (Å²) in [5.41, 5.74) is 1.07. The molecule has 4 heteroatoms. The van der Waals surface area contributed by atoms with Gasteiger partial charge in [0.15, 0.2) is 0 Å². The van der Waals surface area contributed by atoms with Crippen LogP contribution in [-0.4, -0.2) is 35.1 Å². The summed E-state index contributed by atoms with van der Waals surface area (Å²) in [7, 11) is 0. The fourth-order valence-corrected chi connectivity index (χ4v) is 0.478. The van der Waals surface area contributed by atoms with Crippen LogP contribution in [0.5, 0.6) is 0 Å². The third kappa shape index (κ3) is 49.4. The largest absolute Gasteiger partial charge is 0.397 e. The summed E-state index contributed by atoms with van der Waals surface area (Å²) >= 11 is 0. The zero-order chi connectivity index (χ0) is 13.2. The molecule has 0 radical (unpaired) electrons. The molecular weight excluding hydrogens is 383 g/mol. The predicted octanol–water partition coefficient (Wildman–Crippen LogP) is 1.86. The topological polar surface area (TPSA) is 60.7 Å². The number of aliphatic hydroxyl groups excluding tert-OH is 3. The molecule has 0 bridgehead atoms. The van der Waals surface area contributed by atoms with E-state index in [9.17, 15) is 0 Å². The van der Waals surface area contributed by atoms with Gasteiger partial charge in [-0.25, -0.2) is 0 Å². The first-order chi connectivity index (χ1) is 7.64. The molecule has 0 fully saturated rings. The maximum Gasteiger partial charge on any atom is 0.0402 e. The molecule has 100 valence electrons. The molecule has 1 aromatic rings. The molecule has 0 saturated heterocycles. The summed E-state index contributed by atoms with van der Waals surface area (Å²) in [6, 6.07) is 9.87. The second-order valence-corrected chi connectivity index (χ2v) is 2.43. The molecule has 0 heterocycles. The summed E-state index contributed by atoms with van der Waals surface area (Å²) < 4.78 is 0. The second kappa shape index (κ2) is 29.7. The molecule has 0 amide bonds. The van der Waals surface area contributed by atoms with Gasteiger partial charge in [0.05, 0.1) is 0 Å². The molecule has 0 aliphatic carbocycles. The Kier molecular flexibility index (Phi) is 44.8. The molecule has 1 aromatic carbocycles.